The van der Waals surface area contributed by atoms with Gasteiger partial charge in [-0.15, -0.1) is 0 Å². The lowest BCUT2D eigenvalue weighted by Gasteiger charge is -2.32. The van der Waals surface area contributed by atoms with E-state index in [0.29, 0.717) is 12.1 Å². The maximum Gasteiger partial charge on any atom is 0.256 e. The molecule has 2 atom stereocenters. The number of likely N-dealkylation sites (tertiary alicyclic amines) is 1. The fourth-order valence-corrected chi connectivity index (χ4v) is 5.41. The van der Waals surface area contributed by atoms with Crippen LogP contribution in [0.15, 0.2) is 78.9 Å². The summed E-state index contributed by atoms with van der Waals surface area (Å²) in [6, 6.07) is 25.8. The average Bonchev–Trinajstić information content (AvgIpc) is 3.55. The van der Waals surface area contributed by atoms with E-state index >= 15 is 0 Å². The van der Waals surface area contributed by atoms with Crippen LogP contribution in [0.2, 0.25) is 0 Å². The van der Waals surface area contributed by atoms with Gasteiger partial charge in [0.1, 0.15) is 6.17 Å². The van der Waals surface area contributed by atoms with Crippen molar-refractivity contribution in [2.75, 3.05) is 31.5 Å². The smallest absolute Gasteiger partial charge is 0.256 e. The molecular formula is C31H36N4O2. The van der Waals surface area contributed by atoms with Gasteiger partial charge in [-0.2, -0.15) is 0 Å². The number of amides is 2. The minimum atomic E-state index is -0.255. The summed E-state index contributed by atoms with van der Waals surface area (Å²) >= 11 is 0. The van der Waals surface area contributed by atoms with Crippen LogP contribution in [0.4, 0.5) is 5.69 Å². The Morgan fingerprint density at radius 3 is 2.41 bits per heavy atom. The largest absolute Gasteiger partial charge is 0.361 e. The summed E-state index contributed by atoms with van der Waals surface area (Å²) in [6.07, 6.45) is 4.04. The topological polar surface area (TPSA) is 64.7 Å². The quantitative estimate of drug-likeness (QED) is 0.410. The first-order valence-corrected chi connectivity index (χ1v) is 13.4. The molecule has 0 aromatic heterocycles. The van der Waals surface area contributed by atoms with E-state index in [-0.39, 0.29) is 24.0 Å². The van der Waals surface area contributed by atoms with Crippen molar-refractivity contribution >= 4 is 17.5 Å². The molecule has 2 aliphatic heterocycles. The van der Waals surface area contributed by atoms with Gasteiger partial charge in [-0.25, -0.2) is 0 Å². The predicted octanol–water partition coefficient (Wildman–Crippen LogP) is 5.10. The van der Waals surface area contributed by atoms with Gasteiger partial charge in [0.25, 0.3) is 11.8 Å². The molecule has 192 valence electrons. The number of carbonyl (C=O) groups is 2. The number of rotatable bonds is 10. The molecular weight excluding hydrogens is 460 g/mol. The first-order chi connectivity index (χ1) is 18.1. The van der Waals surface area contributed by atoms with Crippen LogP contribution < -0.4 is 10.6 Å². The minimum absolute atomic E-state index is 0.0525. The molecule has 2 aliphatic rings. The van der Waals surface area contributed by atoms with Crippen molar-refractivity contribution in [1.82, 2.24) is 15.1 Å². The number of hydrogen-bond acceptors (Lipinski definition) is 4. The number of aryl methyl sites for hydroxylation is 1. The molecule has 0 spiro atoms. The van der Waals surface area contributed by atoms with Crippen molar-refractivity contribution in [2.24, 2.45) is 0 Å². The van der Waals surface area contributed by atoms with E-state index < -0.39 is 0 Å². The van der Waals surface area contributed by atoms with Crippen LogP contribution in [0.5, 0.6) is 0 Å². The number of carbonyl (C=O) groups excluding carboxylic acids is 2. The van der Waals surface area contributed by atoms with Crippen molar-refractivity contribution in [3.63, 3.8) is 0 Å². The lowest BCUT2D eigenvalue weighted by Crippen LogP contribution is -2.39. The van der Waals surface area contributed by atoms with Crippen molar-refractivity contribution in [3.8, 4) is 0 Å². The van der Waals surface area contributed by atoms with E-state index in [1.807, 2.05) is 59.5 Å². The lowest BCUT2D eigenvalue weighted by atomic mass is 10.0. The Morgan fingerprint density at radius 1 is 0.946 bits per heavy atom. The van der Waals surface area contributed by atoms with E-state index in [4.69, 9.17) is 0 Å². The van der Waals surface area contributed by atoms with Gasteiger partial charge in [-0.3, -0.25) is 9.59 Å². The third kappa shape index (κ3) is 5.86. The van der Waals surface area contributed by atoms with Crippen molar-refractivity contribution in [1.29, 1.82) is 0 Å². The predicted molar refractivity (Wildman–Crippen MR) is 148 cm³/mol. The lowest BCUT2D eigenvalue weighted by molar-refractivity contribution is 0.0659. The van der Waals surface area contributed by atoms with Gasteiger partial charge in [-0.1, -0.05) is 48.5 Å². The van der Waals surface area contributed by atoms with Crippen LogP contribution in [0.25, 0.3) is 0 Å². The standard InChI is InChI=1S/C31H36N4O2/c1-23(13-14-24-9-3-2-4-10-24)35-29(27-11-5-6-12-28(27)31(35)37)33-26-17-15-25(16-18-26)30(36)32-19-22-34-20-7-8-21-34/h2-6,9-12,15-18,23,29,33H,7-8,13-14,19-22H2,1H3,(H,32,36). The highest BCUT2D eigenvalue weighted by Crippen LogP contribution is 2.36. The highest BCUT2D eigenvalue weighted by Gasteiger charge is 2.39. The fraction of sp³-hybridized carbons (Fsp3) is 0.355. The van der Waals surface area contributed by atoms with E-state index in [0.717, 1.165) is 49.3 Å². The Kier molecular flexibility index (Phi) is 7.85. The van der Waals surface area contributed by atoms with Crippen LogP contribution in [-0.4, -0.2) is 53.8 Å². The van der Waals surface area contributed by atoms with Gasteiger partial charge in [0, 0.05) is 41.5 Å². The molecule has 0 bridgehead atoms. The summed E-state index contributed by atoms with van der Waals surface area (Å²) in [6.45, 7) is 5.95. The second kappa shape index (κ2) is 11.6. The first kappa shape index (κ1) is 25.0. The zero-order valence-corrected chi connectivity index (χ0v) is 21.5. The average molecular weight is 497 g/mol. The van der Waals surface area contributed by atoms with Crippen molar-refractivity contribution < 1.29 is 9.59 Å². The Labute approximate surface area is 219 Å². The first-order valence-electron chi connectivity index (χ1n) is 13.4. The summed E-state index contributed by atoms with van der Waals surface area (Å²) in [4.78, 5) is 30.4. The van der Waals surface area contributed by atoms with Gasteiger partial charge >= 0.3 is 0 Å². The summed E-state index contributed by atoms with van der Waals surface area (Å²) in [5, 5.41) is 6.60. The molecule has 3 aromatic carbocycles. The molecule has 5 rings (SSSR count). The Balaban J connectivity index is 1.24. The second-order valence-corrected chi connectivity index (χ2v) is 10.1. The molecule has 1 saturated heterocycles. The number of fused-ring (bicyclic) bond motifs is 1. The number of hydrogen-bond donors (Lipinski definition) is 2. The summed E-state index contributed by atoms with van der Waals surface area (Å²) < 4.78 is 0. The molecule has 0 radical (unpaired) electrons. The van der Waals surface area contributed by atoms with Gasteiger partial charge in [-0.05, 0) is 81.6 Å². The Hall–Kier alpha value is -3.64. The normalized spacial score (nSPS) is 18.0. The molecule has 6 heteroatoms. The third-order valence-corrected chi connectivity index (χ3v) is 7.53. The molecule has 1 fully saturated rings. The van der Waals surface area contributed by atoms with Crippen LogP contribution in [0, 0.1) is 0 Å². The summed E-state index contributed by atoms with van der Waals surface area (Å²) in [7, 11) is 0. The highest BCUT2D eigenvalue weighted by atomic mass is 16.2. The molecule has 3 aromatic rings. The SMILES string of the molecule is CC(CCc1ccccc1)N1C(=O)c2ccccc2C1Nc1ccc(C(=O)NCCN2CCCC2)cc1. The molecule has 0 aliphatic carbocycles. The highest BCUT2D eigenvalue weighted by molar-refractivity contribution is 6.00. The van der Waals surface area contributed by atoms with Gasteiger partial charge < -0.3 is 20.4 Å². The summed E-state index contributed by atoms with van der Waals surface area (Å²) in [5.74, 6) is 0.00552. The Bertz CT molecular complexity index is 1210. The number of anilines is 1. The fourth-order valence-electron chi connectivity index (χ4n) is 5.41. The molecule has 2 N–H and O–H groups in total. The van der Waals surface area contributed by atoms with Crippen molar-refractivity contribution in [3.05, 3.63) is 101 Å². The Morgan fingerprint density at radius 2 is 1.65 bits per heavy atom. The van der Waals surface area contributed by atoms with Crippen LogP contribution in [-0.2, 0) is 6.42 Å². The van der Waals surface area contributed by atoms with E-state index in [2.05, 4.69) is 46.7 Å². The van der Waals surface area contributed by atoms with Crippen LogP contribution in [0.1, 0.15) is 64.2 Å². The molecule has 2 amide bonds. The van der Waals surface area contributed by atoms with Gasteiger partial charge in [0.15, 0.2) is 0 Å². The molecule has 0 saturated carbocycles. The minimum Gasteiger partial charge on any atom is -0.361 e. The van der Waals surface area contributed by atoms with E-state index in [1.165, 1.54) is 18.4 Å². The molecule has 2 unspecified atom stereocenters. The van der Waals surface area contributed by atoms with E-state index in [1.54, 1.807) is 0 Å². The third-order valence-electron chi connectivity index (χ3n) is 7.53. The van der Waals surface area contributed by atoms with E-state index in [9.17, 15) is 9.59 Å². The summed E-state index contributed by atoms with van der Waals surface area (Å²) in [5.41, 5.74) is 4.53. The maximum absolute atomic E-state index is 13.4. The molecule has 6 nitrogen and oxygen atoms in total. The van der Waals surface area contributed by atoms with Gasteiger partial charge in [0.2, 0.25) is 0 Å². The van der Waals surface area contributed by atoms with Crippen LogP contribution in [0.3, 0.4) is 0 Å². The zero-order chi connectivity index (χ0) is 25.6. The number of nitrogens with one attached hydrogen (secondary N) is 2. The maximum atomic E-state index is 13.4. The second-order valence-electron chi connectivity index (χ2n) is 10.1. The number of benzene rings is 3. The zero-order valence-electron chi connectivity index (χ0n) is 21.5. The monoisotopic (exact) mass is 496 g/mol. The van der Waals surface area contributed by atoms with Gasteiger partial charge in [0.05, 0.1) is 0 Å². The van der Waals surface area contributed by atoms with Crippen molar-refractivity contribution in [2.45, 2.75) is 44.8 Å². The molecule has 2 heterocycles. The van der Waals surface area contributed by atoms with Crippen LogP contribution >= 0.6 is 0 Å². The molecule has 37 heavy (non-hydrogen) atoms. The number of nitrogens with zero attached hydrogens (tertiary/aromatic N) is 2.